The van der Waals surface area contributed by atoms with Crippen LogP contribution < -0.4 is 5.73 Å². The minimum atomic E-state index is 0.0203. The molecule has 0 radical (unpaired) electrons. The average Bonchev–Trinajstić information content (AvgIpc) is 2.81. The predicted octanol–water partition coefficient (Wildman–Crippen LogP) is 2.44. The largest absolute Gasteiger partial charge is 0.384 e. The maximum absolute atomic E-state index is 7.70. The number of hydrogen-bond donors (Lipinski definition) is 2. The molecule has 100 valence electrons. The third-order valence-electron chi connectivity index (χ3n) is 2.83. The zero-order valence-corrected chi connectivity index (χ0v) is 12.5. The number of aromatic nitrogens is 3. The molecule has 0 amide bonds. The van der Waals surface area contributed by atoms with Crippen LogP contribution in [0.5, 0.6) is 0 Å². The van der Waals surface area contributed by atoms with Crippen LogP contribution in [-0.2, 0) is 12.8 Å². The van der Waals surface area contributed by atoms with Crippen molar-refractivity contribution in [3.8, 4) is 5.69 Å². The number of nitrogens with one attached hydrogen (secondary N) is 1. The van der Waals surface area contributed by atoms with E-state index in [4.69, 9.17) is 11.1 Å². The first-order chi connectivity index (χ1) is 9.06. The fourth-order valence-corrected chi connectivity index (χ4v) is 2.23. The third kappa shape index (κ3) is 2.68. The van der Waals surface area contributed by atoms with Crippen molar-refractivity contribution in [2.45, 2.75) is 26.7 Å². The van der Waals surface area contributed by atoms with Gasteiger partial charge >= 0.3 is 0 Å². The Morgan fingerprint density at radius 3 is 2.68 bits per heavy atom. The molecule has 2 rings (SSSR count). The lowest BCUT2D eigenvalue weighted by Crippen LogP contribution is -2.16. The van der Waals surface area contributed by atoms with Crippen molar-refractivity contribution >= 4 is 21.8 Å². The number of halogens is 1. The molecular formula is C13H16BrN5. The van der Waals surface area contributed by atoms with Crippen LogP contribution >= 0.6 is 15.9 Å². The highest BCUT2D eigenvalue weighted by molar-refractivity contribution is 9.10. The van der Waals surface area contributed by atoms with Crippen molar-refractivity contribution in [3.63, 3.8) is 0 Å². The molecule has 0 spiro atoms. The fraction of sp³-hybridized carbons (Fsp3) is 0.308. The first-order valence-electron chi connectivity index (χ1n) is 6.16. The van der Waals surface area contributed by atoms with Crippen LogP contribution in [0.4, 0.5) is 0 Å². The van der Waals surface area contributed by atoms with E-state index in [0.29, 0.717) is 5.56 Å². The summed E-state index contributed by atoms with van der Waals surface area (Å²) < 4.78 is 2.66. The topological polar surface area (TPSA) is 80.6 Å². The fourth-order valence-electron chi connectivity index (χ4n) is 1.87. The van der Waals surface area contributed by atoms with Gasteiger partial charge in [0, 0.05) is 22.9 Å². The summed E-state index contributed by atoms with van der Waals surface area (Å²) in [5, 5.41) is 12.2. The van der Waals surface area contributed by atoms with E-state index in [2.05, 4.69) is 26.0 Å². The minimum Gasteiger partial charge on any atom is -0.384 e. The Kier molecular flexibility index (Phi) is 3.99. The van der Waals surface area contributed by atoms with E-state index in [0.717, 1.165) is 34.7 Å². The molecule has 1 aromatic carbocycles. The molecule has 1 aromatic heterocycles. The lowest BCUT2D eigenvalue weighted by Gasteiger charge is -2.10. The van der Waals surface area contributed by atoms with Gasteiger partial charge in [0.1, 0.15) is 11.7 Å². The molecular weight excluding hydrogens is 306 g/mol. The zero-order valence-electron chi connectivity index (χ0n) is 10.9. The number of nitrogen functional groups attached to an aromatic ring is 1. The van der Waals surface area contributed by atoms with Crippen LogP contribution in [0.1, 0.15) is 31.1 Å². The highest BCUT2D eigenvalue weighted by atomic mass is 79.9. The average molecular weight is 322 g/mol. The highest BCUT2D eigenvalue weighted by Gasteiger charge is 2.14. The van der Waals surface area contributed by atoms with Crippen LogP contribution in [0, 0.1) is 5.41 Å². The van der Waals surface area contributed by atoms with Crippen LogP contribution in [0.3, 0.4) is 0 Å². The van der Waals surface area contributed by atoms with Gasteiger partial charge in [0.25, 0.3) is 0 Å². The van der Waals surface area contributed by atoms with Crippen LogP contribution in [0.25, 0.3) is 5.69 Å². The van der Waals surface area contributed by atoms with Crippen molar-refractivity contribution in [1.82, 2.24) is 14.8 Å². The Morgan fingerprint density at radius 2 is 2.11 bits per heavy atom. The quantitative estimate of drug-likeness (QED) is 0.670. The van der Waals surface area contributed by atoms with Gasteiger partial charge in [-0.3, -0.25) is 5.41 Å². The first-order valence-corrected chi connectivity index (χ1v) is 6.95. The molecule has 5 nitrogen and oxygen atoms in total. The van der Waals surface area contributed by atoms with Gasteiger partial charge in [-0.15, -0.1) is 0 Å². The van der Waals surface area contributed by atoms with Crippen LogP contribution in [0.2, 0.25) is 0 Å². The van der Waals surface area contributed by atoms with Crippen molar-refractivity contribution in [2.24, 2.45) is 5.73 Å². The minimum absolute atomic E-state index is 0.0203. The van der Waals surface area contributed by atoms with E-state index >= 15 is 0 Å². The van der Waals surface area contributed by atoms with E-state index in [1.807, 2.05) is 32.0 Å². The molecule has 6 heteroatoms. The van der Waals surface area contributed by atoms with Gasteiger partial charge in [-0.2, -0.15) is 5.10 Å². The molecule has 0 aliphatic carbocycles. The summed E-state index contributed by atoms with van der Waals surface area (Å²) in [6.45, 7) is 4.05. The third-order valence-corrected chi connectivity index (χ3v) is 3.32. The van der Waals surface area contributed by atoms with Crippen LogP contribution in [-0.4, -0.2) is 20.6 Å². The summed E-state index contributed by atoms with van der Waals surface area (Å²) >= 11 is 3.39. The van der Waals surface area contributed by atoms with Crippen molar-refractivity contribution in [3.05, 3.63) is 39.9 Å². The molecule has 0 bridgehead atoms. The van der Waals surface area contributed by atoms with Gasteiger partial charge in [-0.1, -0.05) is 29.8 Å². The molecule has 0 saturated carbocycles. The Bertz CT molecular complexity index is 617. The maximum Gasteiger partial charge on any atom is 0.151 e. The van der Waals surface area contributed by atoms with E-state index in [1.165, 1.54) is 0 Å². The van der Waals surface area contributed by atoms with Gasteiger partial charge in [0.05, 0.1) is 5.69 Å². The lowest BCUT2D eigenvalue weighted by molar-refractivity contribution is 0.789. The van der Waals surface area contributed by atoms with E-state index < -0.39 is 0 Å². The van der Waals surface area contributed by atoms with E-state index in [9.17, 15) is 0 Å². The van der Waals surface area contributed by atoms with Crippen molar-refractivity contribution in [2.75, 3.05) is 0 Å². The number of aryl methyl sites for hydroxylation is 2. The Morgan fingerprint density at radius 1 is 1.37 bits per heavy atom. The smallest absolute Gasteiger partial charge is 0.151 e. The molecule has 0 fully saturated rings. The summed E-state index contributed by atoms with van der Waals surface area (Å²) in [4.78, 5) is 4.48. The molecule has 2 aromatic rings. The summed E-state index contributed by atoms with van der Waals surface area (Å²) in [5.41, 5.74) is 7.09. The van der Waals surface area contributed by atoms with Crippen molar-refractivity contribution < 1.29 is 0 Å². The monoisotopic (exact) mass is 321 g/mol. The molecule has 0 atom stereocenters. The summed E-state index contributed by atoms with van der Waals surface area (Å²) in [7, 11) is 0. The molecule has 19 heavy (non-hydrogen) atoms. The standard InChI is InChI=1S/C13H16BrN5/c1-3-11-17-12(4-2)19(18-11)10-6-5-8(14)7-9(10)13(15)16/h5-7H,3-4H2,1-2H3,(H3,15,16). The number of rotatable bonds is 4. The number of nitrogens with zero attached hydrogens (tertiary/aromatic N) is 3. The van der Waals surface area contributed by atoms with E-state index in [-0.39, 0.29) is 5.84 Å². The van der Waals surface area contributed by atoms with Gasteiger partial charge in [-0.05, 0) is 18.2 Å². The molecule has 1 heterocycles. The SMILES string of the molecule is CCc1nc(CC)n(-c2ccc(Br)cc2C(=N)N)n1. The zero-order chi connectivity index (χ0) is 14.0. The first kappa shape index (κ1) is 13.7. The number of benzene rings is 1. The highest BCUT2D eigenvalue weighted by Crippen LogP contribution is 2.21. The molecule has 3 N–H and O–H groups in total. The Labute approximate surface area is 120 Å². The van der Waals surface area contributed by atoms with Gasteiger partial charge in [0.15, 0.2) is 5.82 Å². The maximum atomic E-state index is 7.70. The molecule has 0 unspecified atom stereocenters. The van der Waals surface area contributed by atoms with Gasteiger partial charge < -0.3 is 5.73 Å². The summed E-state index contributed by atoms with van der Waals surface area (Å²) in [5.74, 6) is 1.70. The number of amidine groups is 1. The molecule has 0 aliphatic rings. The van der Waals surface area contributed by atoms with Crippen molar-refractivity contribution in [1.29, 1.82) is 5.41 Å². The normalized spacial score (nSPS) is 10.7. The van der Waals surface area contributed by atoms with E-state index in [1.54, 1.807) is 4.68 Å². The Balaban J connectivity index is 2.64. The summed E-state index contributed by atoms with van der Waals surface area (Å²) in [6, 6.07) is 5.63. The second kappa shape index (κ2) is 5.52. The lowest BCUT2D eigenvalue weighted by atomic mass is 10.1. The molecule has 0 aliphatic heterocycles. The summed E-state index contributed by atoms with van der Waals surface area (Å²) in [6.07, 6.45) is 1.56. The number of hydrogen-bond acceptors (Lipinski definition) is 3. The number of nitrogens with two attached hydrogens (primary N) is 1. The van der Waals surface area contributed by atoms with Crippen LogP contribution in [0.15, 0.2) is 22.7 Å². The van der Waals surface area contributed by atoms with Gasteiger partial charge in [0.2, 0.25) is 0 Å². The second-order valence-electron chi connectivity index (χ2n) is 4.14. The Hall–Kier alpha value is -1.69. The second-order valence-corrected chi connectivity index (χ2v) is 5.05. The predicted molar refractivity (Wildman–Crippen MR) is 78.8 cm³/mol. The molecule has 0 saturated heterocycles. The van der Waals surface area contributed by atoms with Gasteiger partial charge in [-0.25, -0.2) is 9.67 Å².